The number of rotatable bonds is 5. The number of hydrogen-bond acceptors (Lipinski definition) is 4. The molecule has 0 radical (unpaired) electrons. The van der Waals surface area contributed by atoms with Gasteiger partial charge in [0, 0.05) is 45.1 Å². The van der Waals surface area contributed by atoms with Crippen LogP contribution in [0.15, 0.2) is 48.5 Å². The Labute approximate surface area is 198 Å². The number of piperidine rings is 1. The van der Waals surface area contributed by atoms with Gasteiger partial charge in [0.05, 0.1) is 11.6 Å². The number of nitrogens with one attached hydrogen (secondary N) is 2. The van der Waals surface area contributed by atoms with Crippen LogP contribution < -0.4 is 20.4 Å². The molecule has 2 heterocycles. The maximum atomic E-state index is 13.8. The van der Waals surface area contributed by atoms with Gasteiger partial charge in [-0.1, -0.05) is 12.1 Å². The van der Waals surface area contributed by atoms with Gasteiger partial charge >= 0.3 is 6.03 Å². The lowest BCUT2D eigenvalue weighted by atomic mass is 10.0. The van der Waals surface area contributed by atoms with Crippen LogP contribution in [-0.2, 0) is 9.59 Å². The number of benzene rings is 2. The molecule has 2 aliphatic rings. The van der Waals surface area contributed by atoms with E-state index in [4.69, 9.17) is 0 Å². The molecule has 1 unspecified atom stereocenters. The molecular formula is C25H30FN5O3. The molecule has 2 aromatic rings. The maximum absolute atomic E-state index is 13.8. The number of hydrogen-bond donors (Lipinski definition) is 2. The molecule has 2 N–H and O–H groups in total. The van der Waals surface area contributed by atoms with E-state index in [1.165, 1.54) is 18.2 Å². The molecule has 0 bridgehead atoms. The van der Waals surface area contributed by atoms with E-state index >= 15 is 0 Å². The SMILES string of the molecule is CN(C)C(=O)C1CCN(c2ccc(N3CCC[C@@H](NC(=O)Nc4ccccc4F)C3=O)cc2)C1. The fraction of sp³-hybridized carbons (Fsp3) is 0.400. The number of anilines is 3. The van der Waals surface area contributed by atoms with Crippen molar-refractivity contribution in [3.63, 3.8) is 0 Å². The zero-order chi connectivity index (χ0) is 24.2. The summed E-state index contributed by atoms with van der Waals surface area (Å²) in [6, 6.07) is 12.3. The van der Waals surface area contributed by atoms with Crippen molar-refractivity contribution in [3.8, 4) is 0 Å². The van der Waals surface area contributed by atoms with Crippen LogP contribution in [0.4, 0.5) is 26.2 Å². The molecule has 2 saturated heterocycles. The summed E-state index contributed by atoms with van der Waals surface area (Å²) in [7, 11) is 3.56. The van der Waals surface area contributed by atoms with Gasteiger partial charge in [-0.15, -0.1) is 0 Å². The lowest BCUT2D eigenvalue weighted by molar-refractivity contribution is -0.132. The molecule has 2 aliphatic heterocycles. The highest BCUT2D eigenvalue weighted by atomic mass is 19.1. The third-order valence-electron chi connectivity index (χ3n) is 6.37. The van der Waals surface area contributed by atoms with Crippen LogP contribution in [0.1, 0.15) is 19.3 Å². The normalized spacial score (nSPS) is 20.3. The van der Waals surface area contributed by atoms with Crippen molar-refractivity contribution in [1.82, 2.24) is 10.2 Å². The van der Waals surface area contributed by atoms with Gasteiger partial charge in [0.1, 0.15) is 11.9 Å². The Balaban J connectivity index is 1.37. The lowest BCUT2D eigenvalue weighted by Gasteiger charge is -2.33. The first-order valence-corrected chi connectivity index (χ1v) is 11.5. The van der Waals surface area contributed by atoms with Gasteiger partial charge in [0.25, 0.3) is 0 Å². The van der Waals surface area contributed by atoms with E-state index < -0.39 is 17.9 Å². The summed E-state index contributed by atoms with van der Waals surface area (Å²) < 4.78 is 13.8. The van der Waals surface area contributed by atoms with E-state index in [0.29, 0.717) is 19.5 Å². The minimum atomic E-state index is -0.684. The molecule has 0 aliphatic carbocycles. The summed E-state index contributed by atoms with van der Waals surface area (Å²) in [5.74, 6) is -0.582. The zero-order valence-electron chi connectivity index (χ0n) is 19.5. The van der Waals surface area contributed by atoms with Crippen molar-refractivity contribution in [1.29, 1.82) is 0 Å². The second-order valence-corrected chi connectivity index (χ2v) is 8.94. The Morgan fingerprint density at radius 1 is 1.00 bits per heavy atom. The van der Waals surface area contributed by atoms with E-state index in [1.807, 2.05) is 24.3 Å². The molecule has 0 saturated carbocycles. The molecule has 0 aromatic heterocycles. The van der Waals surface area contributed by atoms with Crippen molar-refractivity contribution in [2.24, 2.45) is 5.92 Å². The van der Waals surface area contributed by atoms with Crippen LogP contribution >= 0.6 is 0 Å². The number of carbonyl (C=O) groups excluding carboxylic acids is 3. The predicted molar refractivity (Wildman–Crippen MR) is 129 cm³/mol. The summed E-state index contributed by atoms with van der Waals surface area (Å²) in [4.78, 5) is 43.1. The Hall–Kier alpha value is -3.62. The number of para-hydroxylation sites is 1. The molecule has 9 heteroatoms. The molecule has 2 fully saturated rings. The van der Waals surface area contributed by atoms with Gasteiger partial charge in [-0.2, -0.15) is 0 Å². The predicted octanol–water partition coefficient (Wildman–Crippen LogP) is 3.06. The van der Waals surface area contributed by atoms with Crippen molar-refractivity contribution < 1.29 is 18.8 Å². The Morgan fingerprint density at radius 3 is 2.41 bits per heavy atom. The van der Waals surface area contributed by atoms with Crippen LogP contribution in [0, 0.1) is 11.7 Å². The fourth-order valence-corrected chi connectivity index (χ4v) is 4.55. The second-order valence-electron chi connectivity index (χ2n) is 8.94. The average molecular weight is 468 g/mol. The third-order valence-corrected chi connectivity index (χ3v) is 6.37. The van der Waals surface area contributed by atoms with Crippen LogP contribution in [0.3, 0.4) is 0 Å². The van der Waals surface area contributed by atoms with E-state index in [2.05, 4.69) is 15.5 Å². The van der Waals surface area contributed by atoms with Gasteiger partial charge in [-0.25, -0.2) is 9.18 Å². The topological polar surface area (TPSA) is 85.0 Å². The first-order chi connectivity index (χ1) is 16.3. The highest BCUT2D eigenvalue weighted by Crippen LogP contribution is 2.28. The molecule has 2 atom stereocenters. The summed E-state index contributed by atoms with van der Waals surface area (Å²) in [6.45, 7) is 2.06. The van der Waals surface area contributed by atoms with Crippen molar-refractivity contribution in [2.75, 3.05) is 48.8 Å². The van der Waals surface area contributed by atoms with E-state index in [-0.39, 0.29) is 23.4 Å². The van der Waals surface area contributed by atoms with Gasteiger partial charge in [-0.3, -0.25) is 9.59 Å². The number of halogens is 1. The fourth-order valence-electron chi connectivity index (χ4n) is 4.55. The molecule has 0 spiro atoms. The second kappa shape index (κ2) is 10.1. The molecular weight excluding hydrogens is 437 g/mol. The summed E-state index contributed by atoms with van der Waals surface area (Å²) >= 11 is 0. The van der Waals surface area contributed by atoms with Crippen molar-refractivity contribution >= 4 is 34.9 Å². The van der Waals surface area contributed by atoms with E-state index in [9.17, 15) is 18.8 Å². The quantitative estimate of drug-likeness (QED) is 0.708. The van der Waals surface area contributed by atoms with Crippen LogP contribution in [-0.4, -0.2) is 62.5 Å². The number of carbonyl (C=O) groups is 3. The summed E-state index contributed by atoms with van der Waals surface area (Å²) in [6.07, 6.45) is 2.08. The van der Waals surface area contributed by atoms with E-state index in [1.54, 1.807) is 30.0 Å². The molecule has 4 amide bonds. The minimum absolute atomic E-state index is 0.000638. The highest BCUT2D eigenvalue weighted by Gasteiger charge is 2.32. The summed E-state index contributed by atoms with van der Waals surface area (Å²) in [5, 5.41) is 5.13. The smallest absolute Gasteiger partial charge is 0.319 e. The monoisotopic (exact) mass is 467 g/mol. The highest BCUT2D eigenvalue weighted by molar-refractivity contribution is 6.01. The van der Waals surface area contributed by atoms with Crippen molar-refractivity contribution in [3.05, 3.63) is 54.3 Å². The van der Waals surface area contributed by atoms with Gasteiger partial charge in [0.15, 0.2) is 0 Å². The van der Waals surface area contributed by atoms with Crippen molar-refractivity contribution in [2.45, 2.75) is 25.3 Å². The number of nitrogens with zero attached hydrogens (tertiary/aromatic N) is 3. The molecule has 34 heavy (non-hydrogen) atoms. The van der Waals surface area contributed by atoms with Crippen LogP contribution in [0.2, 0.25) is 0 Å². The number of urea groups is 1. The largest absolute Gasteiger partial charge is 0.371 e. The standard InChI is InChI=1S/C25H30FN5O3/c1-29(2)23(32)17-13-15-30(16-17)18-9-11-19(12-10-18)31-14-5-8-22(24(31)33)28-25(34)27-21-7-4-3-6-20(21)26/h3-4,6-7,9-12,17,22H,5,8,13-16H2,1-2H3,(H2,27,28,34)/t17?,22-/m1/s1. The maximum Gasteiger partial charge on any atom is 0.319 e. The summed E-state index contributed by atoms with van der Waals surface area (Å²) in [5.41, 5.74) is 1.84. The lowest BCUT2D eigenvalue weighted by Crippen LogP contribution is -2.53. The van der Waals surface area contributed by atoms with Gasteiger partial charge in [-0.05, 0) is 55.7 Å². The molecule has 4 rings (SSSR count). The Bertz CT molecular complexity index is 1060. The Kier molecular flexibility index (Phi) is 7.00. The molecule has 8 nitrogen and oxygen atoms in total. The van der Waals surface area contributed by atoms with Crippen LogP contribution in [0.25, 0.3) is 0 Å². The van der Waals surface area contributed by atoms with Gasteiger partial charge in [0.2, 0.25) is 11.8 Å². The van der Waals surface area contributed by atoms with E-state index in [0.717, 1.165) is 30.8 Å². The number of amides is 4. The minimum Gasteiger partial charge on any atom is -0.371 e. The average Bonchev–Trinajstić information content (AvgIpc) is 3.32. The Morgan fingerprint density at radius 2 is 1.71 bits per heavy atom. The molecule has 2 aromatic carbocycles. The first kappa shape index (κ1) is 23.5. The third kappa shape index (κ3) is 5.13. The first-order valence-electron chi connectivity index (χ1n) is 11.5. The van der Waals surface area contributed by atoms with Gasteiger partial charge < -0.3 is 25.3 Å². The molecule has 180 valence electrons. The zero-order valence-corrected chi connectivity index (χ0v) is 19.5. The van der Waals surface area contributed by atoms with Crippen LogP contribution in [0.5, 0.6) is 0 Å².